The molecule has 0 saturated carbocycles. The van der Waals surface area contributed by atoms with Crippen molar-refractivity contribution in [3.05, 3.63) is 88.9 Å². The Hall–Kier alpha value is -4.04. The predicted octanol–water partition coefficient (Wildman–Crippen LogP) is 5.20. The molecule has 0 fully saturated rings. The van der Waals surface area contributed by atoms with Gasteiger partial charge in [0.1, 0.15) is 18.0 Å². The van der Waals surface area contributed by atoms with Crippen molar-refractivity contribution in [3.8, 4) is 11.5 Å². The molecule has 9 heteroatoms. The molecule has 0 radical (unpaired) electrons. The van der Waals surface area contributed by atoms with E-state index in [9.17, 15) is 9.59 Å². The van der Waals surface area contributed by atoms with Gasteiger partial charge in [-0.3, -0.25) is 4.79 Å². The Morgan fingerprint density at radius 3 is 2.53 bits per heavy atom. The Morgan fingerprint density at radius 2 is 1.81 bits per heavy atom. The Bertz CT molecular complexity index is 1280. The molecular weight excluding hydrogens is 480 g/mol. The number of hydrazone groups is 1. The molecule has 3 aromatic rings. The molecule has 0 unspecified atom stereocenters. The fourth-order valence-corrected chi connectivity index (χ4v) is 4.09. The summed E-state index contributed by atoms with van der Waals surface area (Å²) in [5.41, 5.74) is 3.03. The van der Waals surface area contributed by atoms with E-state index in [0.717, 1.165) is 16.8 Å². The van der Waals surface area contributed by atoms with Crippen LogP contribution >= 0.6 is 11.6 Å². The molecule has 3 amide bonds. The number of carbonyl (C=O) groups is 2. The molecule has 0 aliphatic carbocycles. The summed E-state index contributed by atoms with van der Waals surface area (Å²) < 4.78 is 10.6. The number of hydrogen-bond acceptors (Lipinski definition) is 5. The van der Waals surface area contributed by atoms with Crippen LogP contribution in [0.1, 0.15) is 23.6 Å². The van der Waals surface area contributed by atoms with E-state index in [0.29, 0.717) is 28.6 Å². The Kier molecular flexibility index (Phi) is 7.75. The van der Waals surface area contributed by atoms with Gasteiger partial charge in [0.15, 0.2) is 0 Å². The van der Waals surface area contributed by atoms with Gasteiger partial charge >= 0.3 is 6.03 Å². The fourth-order valence-electron chi connectivity index (χ4n) is 3.97. The largest absolute Gasteiger partial charge is 0.497 e. The van der Waals surface area contributed by atoms with E-state index in [4.69, 9.17) is 21.1 Å². The molecule has 3 aromatic carbocycles. The highest BCUT2D eigenvalue weighted by atomic mass is 35.5. The number of amides is 3. The van der Waals surface area contributed by atoms with Crippen molar-refractivity contribution in [2.75, 3.05) is 33.1 Å². The Morgan fingerprint density at radius 1 is 1.06 bits per heavy atom. The van der Waals surface area contributed by atoms with Crippen LogP contribution < -0.4 is 14.8 Å². The maximum atomic E-state index is 13.4. The molecule has 8 nitrogen and oxygen atoms in total. The number of anilines is 1. The number of methoxy groups -OCH3 is 2. The molecule has 0 bridgehead atoms. The van der Waals surface area contributed by atoms with E-state index < -0.39 is 6.03 Å². The van der Waals surface area contributed by atoms with E-state index in [1.54, 1.807) is 44.5 Å². The van der Waals surface area contributed by atoms with E-state index >= 15 is 0 Å². The molecule has 1 heterocycles. The van der Waals surface area contributed by atoms with Crippen molar-refractivity contribution in [2.45, 2.75) is 12.5 Å². The normalized spacial score (nSPS) is 14.7. The van der Waals surface area contributed by atoms with Gasteiger partial charge in [-0.05, 0) is 42.0 Å². The second kappa shape index (κ2) is 11.1. The molecule has 186 valence electrons. The number of nitrogens with one attached hydrogen (secondary N) is 1. The minimum atomic E-state index is -0.438. The van der Waals surface area contributed by atoms with Crippen LogP contribution in [0, 0.1) is 0 Å². The second-order valence-electron chi connectivity index (χ2n) is 8.27. The first-order valence-electron chi connectivity index (χ1n) is 11.3. The van der Waals surface area contributed by atoms with Gasteiger partial charge in [-0.1, -0.05) is 48.0 Å². The lowest BCUT2D eigenvalue weighted by molar-refractivity contribution is -0.133. The van der Waals surface area contributed by atoms with E-state index in [-0.39, 0.29) is 18.5 Å². The fraction of sp³-hybridized carbons (Fsp3) is 0.222. The first-order chi connectivity index (χ1) is 17.4. The number of ether oxygens (including phenoxy) is 2. The average molecular weight is 507 g/mol. The third kappa shape index (κ3) is 5.60. The summed E-state index contributed by atoms with van der Waals surface area (Å²) in [4.78, 5) is 27.5. The molecular formula is C27H27ClN4O4. The molecule has 0 spiro atoms. The minimum Gasteiger partial charge on any atom is -0.497 e. The summed E-state index contributed by atoms with van der Waals surface area (Å²) in [5.74, 6) is 0.918. The highest BCUT2D eigenvalue weighted by molar-refractivity contribution is 6.30. The van der Waals surface area contributed by atoms with Gasteiger partial charge in [-0.15, -0.1) is 0 Å². The number of carbonyl (C=O) groups excluding carboxylic acids is 2. The average Bonchev–Trinajstić information content (AvgIpc) is 3.35. The minimum absolute atomic E-state index is 0.167. The highest BCUT2D eigenvalue weighted by Crippen LogP contribution is 2.34. The molecule has 1 atom stereocenters. The van der Waals surface area contributed by atoms with Crippen molar-refractivity contribution >= 4 is 34.9 Å². The Balaban J connectivity index is 1.55. The number of para-hydroxylation sites is 2. The van der Waals surface area contributed by atoms with Crippen molar-refractivity contribution < 1.29 is 19.1 Å². The monoisotopic (exact) mass is 506 g/mol. The molecule has 1 N–H and O–H groups in total. The van der Waals surface area contributed by atoms with E-state index in [1.807, 2.05) is 42.5 Å². The third-order valence-electron chi connectivity index (χ3n) is 5.89. The zero-order valence-electron chi connectivity index (χ0n) is 20.3. The lowest BCUT2D eigenvalue weighted by atomic mass is 9.98. The number of hydrogen-bond donors (Lipinski definition) is 1. The van der Waals surface area contributed by atoms with Crippen molar-refractivity contribution in [1.82, 2.24) is 9.91 Å². The number of likely N-dealkylation sites (N-methyl/N-ethyl adjacent to an activating group) is 1. The summed E-state index contributed by atoms with van der Waals surface area (Å²) in [6.07, 6.45) is 0.512. The number of urea groups is 1. The smallest absolute Gasteiger partial charge is 0.322 e. The van der Waals surface area contributed by atoms with Crippen LogP contribution in [0.15, 0.2) is 77.9 Å². The number of benzene rings is 3. The lowest BCUT2D eigenvalue weighted by Crippen LogP contribution is -2.41. The van der Waals surface area contributed by atoms with Gasteiger partial charge in [0.2, 0.25) is 0 Å². The first kappa shape index (κ1) is 25.1. The van der Waals surface area contributed by atoms with Gasteiger partial charge in [-0.25, -0.2) is 9.80 Å². The van der Waals surface area contributed by atoms with Crippen LogP contribution in [0.3, 0.4) is 0 Å². The van der Waals surface area contributed by atoms with Crippen LogP contribution in [0.4, 0.5) is 10.5 Å². The number of rotatable bonds is 7. The summed E-state index contributed by atoms with van der Waals surface area (Å²) in [6, 6.07) is 21.2. The molecule has 1 aliphatic heterocycles. The zero-order chi connectivity index (χ0) is 25.7. The van der Waals surface area contributed by atoms with Crippen LogP contribution in [-0.2, 0) is 4.79 Å². The summed E-state index contributed by atoms with van der Waals surface area (Å²) in [6.45, 7) is -0.167. The molecule has 0 saturated heterocycles. The van der Waals surface area contributed by atoms with Gasteiger partial charge in [0.25, 0.3) is 5.91 Å². The number of nitrogens with zero attached hydrogens (tertiary/aromatic N) is 3. The van der Waals surface area contributed by atoms with Gasteiger partial charge in [0, 0.05) is 24.1 Å². The van der Waals surface area contributed by atoms with E-state index in [2.05, 4.69) is 10.4 Å². The van der Waals surface area contributed by atoms with Gasteiger partial charge in [-0.2, -0.15) is 5.10 Å². The third-order valence-corrected chi connectivity index (χ3v) is 6.14. The van der Waals surface area contributed by atoms with Crippen LogP contribution in [0.2, 0.25) is 5.02 Å². The van der Waals surface area contributed by atoms with E-state index in [1.165, 1.54) is 17.0 Å². The standard InChI is InChI=1S/C27H27ClN4O4/c1-31(27(34)29-22-9-4-5-10-25(22)36-3)17-26(33)32-24(18-11-13-20(28)14-12-18)16-23(30-32)19-7-6-8-21(15-19)35-2/h4-15,24H,16-17H2,1-3H3,(H,29,34)/t24-/m1/s1. The maximum Gasteiger partial charge on any atom is 0.322 e. The first-order valence-corrected chi connectivity index (χ1v) is 11.7. The van der Waals surface area contributed by atoms with Gasteiger partial charge in [0.05, 0.1) is 31.7 Å². The van der Waals surface area contributed by atoms with Crippen LogP contribution in [-0.4, -0.2) is 55.4 Å². The van der Waals surface area contributed by atoms with Crippen LogP contribution in [0.5, 0.6) is 11.5 Å². The zero-order valence-corrected chi connectivity index (χ0v) is 21.0. The molecule has 0 aromatic heterocycles. The van der Waals surface area contributed by atoms with Crippen molar-refractivity contribution in [1.29, 1.82) is 0 Å². The topological polar surface area (TPSA) is 83.5 Å². The Labute approximate surface area is 215 Å². The summed E-state index contributed by atoms with van der Waals surface area (Å²) in [7, 11) is 4.69. The SMILES string of the molecule is COc1cccc(C2=NN(C(=O)CN(C)C(=O)Nc3ccccc3OC)[C@@H](c3ccc(Cl)cc3)C2)c1. The summed E-state index contributed by atoms with van der Waals surface area (Å²) >= 11 is 6.08. The van der Waals surface area contributed by atoms with Crippen molar-refractivity contribution in [2.24, 2.45) is 5.10 Å². The number of halogens is 1. The molecule has 36 heavy (non-hydrogen) atoms. The van der Waals surface area contributed by atoms with Gasteiger partial charge < -0.3 is 19.7 Å². The lowest BCUT2D eigenvalue weighted by Gasteiger charge is -2.25. The predicted molar refractivity (Wildman–Crippen MR) is 140 cm³/mol. The van der Waals surface area contributed by atoms with Crippen LogP contribution in [0.25, 0.3) is 0 Å². The molecule has 1 aliphatic rings. The second-order valence-corrected chi connectivity index (χ2v) is 8.71. The quantitative estimate of drug-likeness (QED) is 0.477. The highest BCUT2D eigenvalue weighted by Gasteiger charge is 2.34. The van der Waals surface area contributed by atoms with Crippen molar-refractivity contribution in [3.63, 3.8) is 0 Å². The molecule has 4 rings (SSSR count). The maximum absolute atomic E-state index is 13.4. The summed E-state index contributed by atoms with van der Waals surface area (Å²) in [5, 5.41) is 9.51.